The molecule has 166 valence electrons. The average Bonchev–Trinajstić information content (AvgIpc) is 2.85. The molecular weight excluding hydrogens is 420 g/mol. The third-order valence-corrected chi connectivity index (χ3v) is 6.64. The van der Waals surface area contributed by atoms with Crippen LogP contribution in [0.15, 0.2) is 66.1 Å². The molecule has 0 unspecified atom stereocenters. The van der Waals surface area contributed by atoms with Crippen molar-refractivity contribution in [1.29, 1.82) is 0 Å². The third kappa shape index (κ3) is 5.34. The fourth-order valence-electron chi connectivity index (χ4n) is 4.12. The maximum Gasteiger partial charge on any atom is 0.256 e. The van der Waals surface area contributed by atoms with E-state index in [2.05, 4.69) is 9.97 Å². The number of pyridine rings is 1. The van der Waals surface area contributed by atoms with E-state index in [0.717, 1.165) is 52.8 Å². The summed E-state index contributed by atoms with van der Waals surface area (Å²) in [5.41, 5.74) is 3.99. The Bertz CT molecular complexity index is 1030. The number of carbonyl (C=O) groups is 1. The molecule has 6 nitrogen and oxygen atoms in total. The standard InChI is InChI=1S/C25H28N4O2S/c1-18-15-27-25(32-17-21-12-6-7-13-26-21)28-22(18)20-11-8-14-29(16-20)24(30)23(31-2)19-9-4-3-5-10-19/h3-7,9-10,12-13,15,20,23H,8,11,14,16-17H2,1-2H3/t20-,23+/m0/s1. The van der Waals surface area contributed by atoms with Crippen LogP contribution in [0.3, 0.4) is 0 Å². The van der Waals surface area contributed by atoms with Gasteiger partial charge in [-0.05, 0) is 43.0 Å². The molecule has 2 aromatic heterocycles. The molecule has 4 rings (SSSR count). The van der Waals surface area contributed by atoms with Crippen LogP contribution < -0.4 is 0 Å². The molecule has 1 amide bonds. The summed E-state index contributed by atoms with van der Waals surface area (Å²) in [7, 11) is 1.59. The van der Waals surface area contributed by atoms with Crippen molar-refractivity contribution < 1.29 is 9.53 Å². The minimum Gasteiger partial charge on any atom is -0.367 e. The average molecular weight is 449 g/mol. The maximum absolute atomic E-state index is 13.3. The lowest BCUT2D eigenvalue weighted by atomic mass is 9.92. The van der Waals surface area contributed by atoms with E-state index in [1.807, 2.05) is 66.6 Å². The number of piperidine rings is 1. The topological polar surface area (TPSA) is 68.2 Å². The molecule has 7 heteroatoms. The van der Waals surface area contributed by atoms with Crippen molar-refractivity contribution in [3.8, 4) is 0 Å². The minimum atomic E-state index is -0.578. The first kappa shape index (κ1) is 22.4. The number of thioether (sulfide) groups is 1. The molecular formula is C25H28N4O2S. The number of carbonyl (C=O) groups excluding carboxylic acids is 1. The number of hydrogen-bond acceptors (Lipinski definition) is 6. The summed E-state index contributed by atoms with van der Waals surface area (Å²) >= 11 is 1.59. The summed E-state index contributed by atoms with van der Waals surface area (Å²) in [6, 6.07) is 15.6. The van der Waals surface area contributed by atoms with Gasteiger partial charge in [0, 0.05) is 44.3 Å². The van der Waals surface area contributed by atoms with Crippen LogP contribution >= 0.6 is 11.8 Å². The number of likely N-dealkylation sites (tertiary alicyclic amines) is 1. The Morgan fingerprint density at radius 3 is 2.75 bits per heavy atom. The number of aromatic nitrogens is 3. The largest absolute Gasteiger partial charge is 0.367 e. The first-order valence-corrected chi connectivity index (χ1v) is 11.9. The molecule has 0 saturated carbocycles. The SMILES string of the molecule is CO[C@@H](C(=O)N1CCC[C@H](c2nc(SCc3ccccn3)ncc2C)C1)c1ccccc1. The van der Waals surface area contributed by atoms with E-state index in [1.165, 1.54) is 0 Å². The van der Waals surface area contributed by atoms with E-state index in [9.17, 15) is 4.79 Å². The Hall–Kier alpha value is -2.77. The molecule has 1 aliphatic heterocycles. The number of benzene rings is 1. The highest BCUT2D eigenvalue weighted by molar-refractivity contribution is 7.98. The lowest BCUT2D eigenvalue weighted by Crippen LogP contribution is -2.42. The molecule has 0 radical (unpaired) electrons. The molecule has 3 heterocycles. The van der Waals surface area contributed by atoms with Crippen LogP contribution in [0.1, 0.15) is 47.4 Å². The van der Waals surface area contributed by atoms with Crippen molar-refractivity contribution in [3.63, 3.8) is 0 Å². The molecule has 1 aromatic carbocycles. The fraction of sp³-hybridized carbons (Fsp3) is 0.360. The molecule has 0 bridgehead atoms. The van der Waals surface area contributed by atoms with Gasteiger partial charge in [-0.2, -0.15) is 0 Å². The Kier molecular flexibility index (Phi) is 7.50. The summed E-state index contributed by atoms with van der Waals surface area (Å²) < 4.78 is 5.58. The number of hydrogen-bond donors (Lipinski definition) is 0. The van der Waals surface area contributed by atoms with Gasteiger partial charge in [-0.3, -0.25) is 9.78 Å². The van der Waals surface area contributed by atoms with Crippen LogP contribution in [0.2, 0.25) is 0 Å². The predicted octanol–water partition coefficient (Wildman–Crippen LogP) is 4.57. The van der Waals surface area contributed by atoms with Gasteiger partial charge in [-0.1, -0.05) is 48.2 Å². The quantitative estimate of drug-likeness (QED) is 0.390. The van der Waals surface area contributed by atoms with Crippen LogP contribution in [0.4, 0.5) is 0 Å². The van der Waals surface area contributed by atoms with E-state index in [1.54, 1.807) is 25.1 Å². The van der Waals surface area contributed by atoms with Crippen molar-refractivity contribution in [1.82, 2.24) is 19.9 Å². The second-order valence-electron chi connectivity index (χ2n) is 7.98. The van der Waals surface area contributed by atoms with Crippen LogP contribution in [-0.2, 0) is 15.3 Å². The minimum absolute atomic E-state index is 0.0138. The maximum atomic E-state index is 13.3. The number of rotatable bonds is 7. The molecule has 3 aromatic rings. The second kappa shape index (κ2) is 10.7. The van der Waals surface area contributed by atoms with Crippen LogP contribution in [0.5, 0.6) is 0 Å². The van der Waals surface area contributed by atoms with E-state index < -0.39 is 6.10 Å². The smallest absolute Gasteiger partial charge is 0.256 e. The Balaban J connectivity index is 1.47. The first-order chi connectivity index (χ1) is 15.7. The van der Waals surface area contributed by atoms with Crippen LogP contribution in [0.25, 0.3) is 0 Å². The van der Waals surface area contributed by atoms with Gasteiger partial charge in [0.2, 0.25) is 0 Å². The summed E-state index contributed by atoms with van der Waals surface area (Å²) in [6.07, 6.45) is 5.07. The molecule has 2 atom stereocenters. The molecule has 1 saturated heterocycles. The van der Waals surface area contributed by atoms with Crippen molar-refractivity contribution in [3.05, 3.63) is 83.4 Å². The fourth-order valence-corrected chi connectivity index (χ4v) is 4.85. The van der Waals surface area contributed by atoms with E-state index in [0.29, 0.717) is 6.54 Å². The second-order valence-corrected chi connectivity index (χ2v) is 8.92. The van der Waals surface area contributed by atoms with Gasteiger partial charge in [0.05, 0.1) is 11.4 Å². The van der Waals surface area contributed by atoms with Crippen molar-refractivity contribution in [2.45, 2.75) is 42.7 Å². The highest BCUT2D eigenvalue weighted by Crippen LogP contribution is 2.31. The van der Waals surface area contributed by atoms with Gasteiger partial charge in [0.25, 0.3) is 5.91 Å². The predicted molar refractivity (Wildman–Crippen MR) is 125 cm³/mol. The van der Waals surface area contributed by atoms with Gasteiger partial charge < -0.3 is 9.64 Å². The van der Waals surface area contributed by atoms with Gasteiger partial charge in [-0.15, -0.1) is 0 Å². The number of nitrogens with zero attached hydrogens (tertiary/aromatic N) is 4. The Morgan fingerprint density at radius 1 is 1.19 bits per heavy atom. The lowest BCUT2D eigenvalue weighted by molar-refractivity contribution is -0.143. The highest BCUT2D eigenvalue weighted by atomic mass is 32.2. The van der Waals surface area contributed by atoms with Gasteiger partial charge in [0.1, 0.15) is 0 Å². The Labute approximate surface area is 193 Å². The number of aryl methyl sites for hydroxylation is 1. The molecule has 0 spiro atoms. The monoisotopic (exact) mass is 448 g/mol. The number of methoxy groups -OCH3 is 1. The van der Waals surface area contributed by atoms with Crippen molar-refractivity contribution in [2.24, 2.45) is 0 Å². The number of ether oxygens (including phenoxy) is 1. The van der Waals surface area contributed by atoms with Crippen LogP contribution in [-0.4, -0.2) is 46.0 Å². The molecule has 1 aliphatic rings. The summed E-state index contributed by atoms with van der Waals surface area (Å²) in [4.78, 5) is 29.0. The van der Waals surface area contributed by atoms with Crippen LogP contribution in [0, 0.1) is 6.92 Å². The van der Waals surface area contributed by atoms with Crippen molar-refractivity contribution >= 4 is 17.7 Å². The Morgan fingerprint density at radius 2 is 2.00 bits per heavy atom. The number of amides is 1. The molecule has 1 fully saturated rings. The highest BCUT2D eigenvalue weighted by Gasteiger charge is 2.31. The summed E-state index contributed by atoms with van der Waals surface area (Å²) in [6.45, 7) is 3.44. The van der Waals surface area contributed by atoms with E-state index in [4.69, 9.17) is 9.72 Å². The van der Waals surface area contributed by atoms with Gasteiger partial charge in [-0.25, -0.2) is 9.97 Å². The zero-order valence-electron chi connectivity index (χ0n) is 18.5. The third-order valence-electron chi connectivity index (χ3n) is 5.75. The summed E-state index contributed by atoms with van der Waals surface area (Å²) in [5.74, 6) is 0.934. The van der Waals surface area contributed by atoms with Crippen molar-refractivity contribution in [2.75, 3.05) is 20.2 Å². The normalized spacial score (nSPS) is 17.2. The molecule has 32 heavy (non-hydrogen) atoms. The first-order valence-electron chi connectivity index (χ1n) is 10.9. The van der Waals surface area contributed by atoms with E-state index >= 15 is 0 Å². The summed E-state index contributed by atoms with van der Waals surface area (Å²) in [5, 5.41) is 0.749. The van der Waals surface area contributed by atoms with Gasteiger partial charge in [0.15, 0.2) is 11.3 Å². The zero-order chi connectivity index (χ0) is 22.3. The molecule has 0 aliphatic carbocycles. The lowest BCUT2D eigenvalue weighted by Gasteiger charge is -2.35. The zero-order valence-corrected chi connectivity index (χ0v) is 19.3. The van der Waals surface area contributed by atoms with Gasteiger partial charge >= 0.3 is 0 Å². The molecule has 0 N–H and O–H groups in total. The van der Waals surface area contributed by atoms with E-state index in [-0.39, 0.29) is 11.8 Å².